The van der Waals surface area contributed by atoms with Gasteiger partial charge in [-0.2, -0.15) is 31.4 Å². The standard InChI is InChI=1S/C13H15BrF6N4O2/c1-22-8(7(14)4-21-22)5-23-2-3-24(11(25)26)9(6-23)10(12(15,16)17)13(18,19)20/h4,9-10H,2-3,5-6H2,1H3,(H,25,26). The van der Waals surface area contributed by atoms with Crippen molar-refractivity contribution in [3.05, 3.63) is 16.4 Å². The van der Waals surface area contributed by atoms with E-state index < -0.39 is 43.5 Å². The predicted molar refractivity (Wildman–Crippen MR) is 80.3 cm³/mol. The summed E-state index contributed by atoms with van der Waals surface area (Å²) in [5, 5.41) is 13.0. The second kappa shape index (κ2) is 7.25. The van der Waals surface area contributed by atoms with Gasteiger partial charge >= 0.3 is 18.4 Å². The fourth-order valence-electron chi connectivity index (χ4n) is 2.98. The third-order valence-electron chi connectivity index (χ3n) is 4.22. The topological polar surface area (TPSA) is 61.6 Å². The third-order valence-corrected chi connectivity index (χ3v) is 4.88. The maximum atomic E-state index is 13.1. The van der Waals surface area contributed by atoms with Crippen molar-refractivity contribution in [2.75, 3.05) is 19.6 Å². The quantitative estimate of drug-likeness (QED) is 0.715. The molecule has 1 unspecified atom stereocenters. The lowest BCUT2D eigenvalue weighted by Crippen LogP contribution is -2.62. The number of aromatic nitrogens is 2. The Hall–Kier alpha value is -1.50. The lowest BCUT2D eigenvalue weighted by atomic mass is 9.94. The van der Waals surface area contributed by atoms with Crippen LogP contribution in [0.5, 0.6) is 0 Å². The Balaban J connectivity index is 2.31. The van der Waals surface area contributed by atoms with Gasteiger partial charge in [-0.05, 0) is 15.9 Å². The molecule has 0 radical (unpaired) electrons. The SMILES string of the molecule is Cn1ncc(Br)c1CN1CCN(C(=O)O)C(C(C(F)(F)F)C(F)(F)F)C1. The van der Waals surface area contributed by atoms with Gasteiger partial charge in [0.1, 0.15) is 0 Å². The molecular formula is C13H15BrF6N4O2. The fourth-order valence-corrected chi connectivity index (χ4v) is 3.46. The maximum Gasteiger partial charge on any atom is 0.407 e. The van der Waals surface area contributed by atoms with E-state index in [4.69, 9.17) is 5.11 Å². The zero-order chi connectivity index (χ0) is 19.9. The van der Waals surface area contributed by atoms with E-state index in [0.29, 0.717) is 10.2 Å². The highest BCUT2D eigenvalue weighted by Crippen LogP contribution is 2.43. The van der Waals surface area contributed by atoms with Crippen LogP contribution < -0.4 is 0 Å². The van der Waals surface area contributed by atoms with E-state index in [1.165, 1.54) is 15.8 Å². The third kappa shape index (κ3) is 4.42. The molecule has 1 aromatic heterocycles. The summed E-state index contributed by atoms with van der Waals surface area (Å²) in [5.74, 6) is -3.76. The molecule has 26 heavy (non-hydrogen) atoms. The monoisotopic (exact) mass is 452 g/mol. The van der Waals surface area contributed by atoms with E-state index in [9.17, 15) is 31.1 Å². The average molecular weight is 453 g/mol. The van der Waals surface area contributed by atoms with Gasteiger partial charge in [0.25, 0.3) is 0 Å². The molecule has 1 aromatic rings. The van der Waals surface area contributed by atoms with Crippen molar-refractivity contribution in [3.63, 3.8) is 0 Å². The number of alkyl halides is 6. The van der Waals surface area contributed by atoms with Crippen LogP contribution >= 0.6 is 15.9 Å². The smallest absolute Gasteiger partial charge is 0.407 e. The lowest BCUT2D eigenvalue weighted by molar-refractivity contribution is -0.300. The predicted octanol–water partition coefficient (Wildman–Crippen LogP) is 3.09. The molecule has 1 aliphatic rings. The second-order valence-corrected chi connectivity index (χ2v) is 6.76. The molecule has 6 nitrogen and oxygen atoms in total. The Bertz CT molecular complexity index is 629. The van der Waals surface area contributed by atoms with Gasteiger partial charge in [0.05, 0.1) is 22.4 Å². The summed E-state index contributed by atoms with van der Waals surface area (Å²) in [4.78, 5) is 12.8. The van der Waals surface area contributed by atoms with E-state index in [0.717, 1.165) is 0 Å². The molecule has 0 spiro atoms. The summed E-state index contributed by atoms with van der Waals surface area (Å²) < 4.78 is 80.5. The Morgan fingerprint density at radius 1 is 1.31 bits per heavy atom. The number of nitrogens with zero attached hydrogens (tertiary/aromatic N) is 4. The molecule has 2 heterocycles. The van der Waals surface area contributed by atoms with Gasteiger partial charge in [0.2, 0.25) is 0 Å². The van der Waals surface area contributed by atoms with Gasteiger partial charge in [0.15, 0.2) is 5.92 Å². The van der Waals surface area contributed by atoms with Crippen molar-refractivity contribution in [1.82, 2.24) is 19.6 Å². The minimum Gasteiger partial charge on any atom is -0.465 e. The highest BCUT2D eigenvalue weighted by Gasteiger charge is 2.62. The molecule has 0 aromatic carbocycles. The fraction of sp³-hybridized carbons (Fsp3) is 0.692. The van der Waals surface area contributed by atoms with Gasteiger partial charge in [-0.15, -0.1) is 0 Å². The Morgan fingerprint density at radius 3 is 2.31 bits per heavy atom. The molecular weight excluding hydrogens is 438 g/mol. The Labute approximate surface area is 152 Å². The summed E-state index contributed by atoms with van der Waals surface area (Å²) in [6, 6.07) is -2.28. The van der Waals surface area contributed by atoms with Crippen LogP contribution in [0.25, 0.3) is 0 Å². The normalized spacial score (nSPS) is 20.0. The molecule has 1 N–H and O–H groups in total. The first-order valence-corrected chi connectivity index (χ1v) is 8.13. The lowest BCUT2D eigenvalue weighted by Gasteiger charge is -2.44. The molecule has 1 aliphatic heterocycles. The molecule has 0 aliphatic carbocycles. The van der Waals surface area contributed by atoms with Crippen LogP contribution in [0.3, 0.4) is 0 Å². The summed E-state index contributed by atoms with van der Waals surface area (Å²) in [5.41, 5.74) is 0.558. The number of carboxylic acid groups (broad SMARTS) is 1. The summed E-state index contributed by atoms with van der Waals surface area (Å²) in [6.07, 6.45) is -11.6. The number of hydrogen-bond acceptors (Lipinski definition) is 3. The number of amides is 1. The van der Waals surface area contributed by atoms with Crippen LogP contribution in [0.15, 0.2) is 10.7 Å². The van der Waals surface area contributed by atoms with Crippen LogP contribution in [0.1, 0.15) is 5.69 Å². The minimum atomic E-state index is -5.62. The van der Waals surface area contributed by atoms with Crippen molar-refractivity contribution < 1.29 is 36.2 Å². The van der Waals surface area contributed by atoms with E-state index >= 15 is 0 Å². The molecule has 1 atom stereocenters. The number of piperazine rings is 1. The maximum absolute atomic E-state index is 13.1. The molecule has 1 saturated heterocycles. The highest BCUT2D eigenvalue weighted by atomic mass is 79.9. The van der Waals surface area contributed by atoms with Crippen LogP contribution in [0.2, 0.25) is 0 Å². The zero-order valence-corrected chi connectivity index (χ0v) is 14.9. The summed E-state index contributed by atoms with van der Waals surface area (Å²) >= 11 is 3.21. The van der Waals surface area contributed by atoms with Gasteiger partial charge in [0, 0.05) is 33.2 Å². The van der Waals surface area contributed by atoms with Gasteiger partial charge < -0.3 is 10.0 Å². The number of aryl methyl sites for hydroxylation is 1. The van der Waals surface area contributed by atoms with Crippen molar-refractivity contribution in [2.24, 2.45) is 13.0 Å². The first kappa shape index (κ1) is 20.8. The van der Waals surface area contributed by atoms with Crippen molar-refractivity contribution >= 4 is 22.0 Å². The van der Waals surface area contributed by atoms with Crippen molar-refractivity contribution in [2.45, 2.75) is 24.9 Å². The first-order chi connectivity index (χ1) is 11.8. The van der Waals surface area contributed by atoms with Crippen LogP contribution in [-0.4, -0.2) is 68.8 Å². The minimum absolute atomic E-state index is 0.00283. The largest absolute Gasteiger partial charge is 0.465 e. The van der Waals surface area contributed by atoms with E-state index in [1.807, 2.05) is 0 Å². The van der Waals surface area contributed by atoms with E-state index in [2.05, 4.69) is 21.0 Å². The van der Waals surface area contributed by atoms with Crippen LogP contribution in [0.4, 0.5) is 31.1 Å². The van der Waals surface area contributed by atoms with Crippen LogP contribution in [0, 0.1) is 5.92 Å². The van der Waals surface area contributed by atoms with Gasteiger partial charge in [-0.1, -0.05) is 0 Å². The number of halogens is 7. The average Bonchev–Trinajstić information content (AvgIpc) is 2.76. The molecule has 13 heteroatoms. The molecule has 1 amide bonds. The molecule has 1 fully saturated rings. The molecule has 148 valence electrons. The number of carbonyl (C=O) groups is 1. The zero-order valence-electron chi connectivity index (χ0n) is 13.4. The van der Waals surface area contributed by atoms with Crippen LogP contribution in [-0.2, 0) is 13.6 Å². The van der Waals surface area contributed by atoms with E-state index in [-0.39, 0.29) is 18.0 Å². The first-order valence-electron chi connectivity index (χ1n) is 7.34. The highest BCUT2D eigenvalue weighted by molar-refractivity contribution is 9.10. The summed E-state index contributed by atoms with van der Waals surface area (Å²) in [7, 11) is 1.58. The van der Waals surface area contributed by atoms with Gasteiger partial charge in [-0.25, -0.2) is 4.79 Å². The number of hydrogen-bond donors (Lipinski definition) is 1. The molecule has 2 rings (SSSR count). The Kier molecular flexibility index (Phi) is 5.80. The van der Waals surface area contributed by atoms with E-state index in [1.54, 1.807) is 7.05 Å². The molecule has 0 bridgehead atoms. The Morgan fingerprint density at radius 2 is 1.88 bits per heavy atom. The van der Waals surface area contributed by atoms with Crippen molar-refractivity contribution in [3.8, 4) is 0 Å². The number of rotatable bonds is 3. The summed E-state index contributed by atoms with van der Waals surface area (Å²) in [6.45, 7) is -1.13. The van der Waals surface area contributed by atoms with Gasteiger partial charge in [-0.3, -0.25) is 9.58 Å². The second-order valence-electron chi connectivity index (χ2n) is 5.90. The molecule has 0 saturated carbocycles. The van der Waals surface area contributed by atoms with Crippen molar-refractivity contribution in [1.29, 1.82) is 0 Å².